The zero-order valence-corrected chi connectivity index (χ0v) is 16.6. The van der Waals surface area contributed by atoms with Gasteiger partial charge in [-0.15, -0.1) is 0 Å². The predicted molar refractivity (Wildman–Crippen MR) is 111 cm³/mol. The average molecular weight is 426 g/mol. The van der Waals surface area contributed by atoms with Crippen molar-refractivity contribution in [2.75, 3.05) is 25.4 Å². The molecule has 0 aliphatic carbocycles. The number of H-pyrrole nitrogens is 1. The molecule has 3 heterocycles. The molecule has 3 aromatic rings. The number of amides is 1. The summed E-state index contributed by atoms with van der Waals surface area (Å²) >= 11 is 0. The molecule has 1 fully saturated rings. The number of nitrogens with two attached hydrogens (primary N) is 1. The van der Waals surface area contributed by atoms with E-state index in [2.05, 4.69) is 38.4 Å². The molecule has 0 spiro atoms. The minimum atomic E-state index is -0.784. The van der Waals surface area contributed by atoms with Crippen molar-refractivity contribution in [3.05, 3.63) is 54.6 Å². The number of nitrogens with one attached hydrogen (secondary N) is 1. The highest BCUT2D eigenvalue weighted by Crippen LogP contribution is 2.20. The van der Waals surface area contributed by atoms with Gasteiger partial charge in [-0.2, -0.15) is 0 Å². The number of rotatable bonds is 3. The molecule has 8 nitrogen and oxygen atoms in total. The SMILES string of the molecule is C=CC(=O)N1CCCC1.Nc1ncnc2nc(C#CCOc3c(F)cccc3F)[nH]c12. The fraction of sp³-hybridized carbons (Fsp3) is 0.238. The van der Waals surface area contributed by atoms with E-state index in [0.717, 1.165) is 38.1 Å². The topological polar surface area (TPSA) is 110 Å². The number of ether oxygens (including phenoxy) is 1. The first kappa shape index (κ1) is 21.7. The van der Waals surface area contributed by atoms with Crippen LogP contribution in [0.4, 0.5) is 14.6 Å². The second kappa shape index (κ2) is 10.2. The fourth-order valence-electron chi connectivity index (χ4n) is 2.82. The largest absolute Gasteiger partial charge is 0.475 e. The van der Waals surface area contributed by atoms with Gasteiger partial charge >= 0.3 is 0 Å². The molecule has 4 rings (SSSR count). The summed E-state index contributed by atoms with van der Waals surface area (Å²) in [7, 11) is 0. The van der Waals surface area contributed by atoms with E-state index in [-0.39, 0.29) is 18.3 Å². The number of aromatic amines is 1. The van der Waals surface area contributed by atoms with Gasteiger partial charge in [-0.1, -0.05) is 18.6 Å². The minimum absolute atomic E-state index is 0.0764. The lowest BCUT2D eigenvalue weighted by molar-refractivity contribution is -0.124. The maximum atomic E-state index is 13.3. The van der Waals surface area contributed by atoms with Crippen LogP contribution in [0.15, 0.2) is 37.2 Å². The first-order valence-electron chi connectivity index (χ1n) is 9.42. The molecule has 160 valence electrons. The van der Waals surface area contributed by atoms with E-state index in [1.807, 2.05) is 4.90 Å². The highest BCUT2D eigenvalue weighted by Gasteiger charge is 2.14. The highest BCUT2D eigenvalue weighted by molar-refractivity contribution is 5.87. The van der Waals surface area contributed by atoms with E-state index >= 15 is 0 Å². The van der Waals surface area contributed by atoms with Crippen LogP contribution in [0.2, 0.25) is 0 Å². The molecular formula is C21H20F2N6O2. The van der Waals surface area contributed by atoms with E-state index in [0.29, 0.717) is 17.0 Å². The van der Waals surface area contributed by atoms with Gasteiger partial charge in [-0.05, 0) is 37.0 Å². The Labute approximate surface area is 177 Å². The summed E-state index contributed by atoms with van der Waals surface area (Å²) in [5.74, 6) is 3.87. The second-order valence-electron chi connectivity index (χ2n) is 6.42. The zero-order chi connectivity index (χ0) is 22.2. The lowest BCUT2D eigenvalue weighted by atomic mass is 10.3. The fourth-order valence-corrected chi connectivity index (χ4v) is 2.82. The van der Waals surface area contributed by atoms with Gasteiger partial charge in [0.1, 0.15) is 18.5 Å². The summed E-state index contributed by atoms with van der Waals surface area (Å²) in [6, 6.07) is 3.46. The Bertz CT molecular complexity index is 1130. The number of halogens is 2. The number of likely N-dealkylation sites (tertiary alicyclic amines) is 1. The van der Waals surface area contributed by atoms with Crippen LogP contribution in [0.3, 0.4) is 0 Å². The van der Waals surface area contributed by atoms with E-state index in [1.54, 1.807) is 0 Å². The molecule has 0 saturated carbocycles. The average Bonchev–Trinajstić information content (AvgIpc) is 3.43. The maximum Gasteiger partial charge on any atom is 0.245 e. The Kier molecular flexibility index (Phi) is 7.11. The van der Waals surface area contributed by atoms with Crippen molar-refractivity contribution in [2.24, 2.45) is 0 Å². The molecule has 0 radical (unpaired) electrons. The summed E-state index contributed by atoms with van der Waals surface area (Å²) in [4.78, 5) is 27.3. The number of benzene rings is 1. The summed E-state index contributed by atoms with van der Waals surface area (Å²) in [6.45, 7) is 5.06. The van der Waals surface area contributed by atoms with Crippen LogP contribution < -0.4 is 10.5 Å². The molecule has 31 heavy (non-hydrogen) atoms. The van der Waals surface area contributed by atoms with Crippen LogP contribution in [-0.2, 0) is 4.79 Å². The monoisotopic (exact) mass is 426 g/mol. The number of imidazole rings is 1. The molecule has 1 aromatic carbocycles. The van der Waals surface area contributed by atoms with Gasteiger partial charge in [0.25, 0.3) is 0 Å². The standard InChI is InChI=1S/C14H9F2N5O.C7H11NO/c15-8-3-1-4-9(16)12(8)22-6-2-5-10-20-11-13(17)18-7-19-14(11)21-10;1-2-7(9)8-5-3-4-6-8/h1,3-4,7H,6H2,(H3,17,18,19,20,21);2H,1,3-6H2. The summed E-state index contributed by atoms with van der Waals surface area (Å²) in [6.07, 6.45) is 4.98. The molecule has 0 unspecified atom stereocenters. The molecule has 2 aromatic heterocycles. The van der Waals surface area contributed by atoms with Crippen molar-refractivity contribution in [1.82, 2.24) is 24.8 Å². The van der Waals surface area contributed by atoms with Gasteiger partial charge in [0.15, 0.2) is 34.7 Å². The predicted octanol–water partition coefficient (Wildman–Crippen LogP) is 2.44. The lowest BCUT2D eigenvalue weighted by Crippen LogP contribution is -2.25. The van der Waals surface area contributed by atoms with Crippen molar-refractivity contribution in [2.45, 2.75) is 12.8 Å². The molecular weight excluding hydrogens is 406 g/mol. The van der Waals surface area contributed by atoms with Gasteiger partial charge in [0.2, 0.25) is 5.91 Å². The van der Waals surface area contributed by atoms with Gasteiger partial charge in [-0.3, -0.25) is 4.79 Å². The lowest BCUT2D eigenvalue weighted by Gasteiger charge is -2.10. The Morgan fingerprint density at radius 2 is 2.00 bits per heavy atom. The molecule has 3 N–H and O–H groups in total. The van der Waals surface area contributed by atoms with Crippen LogP contribution in [0, 0.1) is 23.5 Å². The van der Waals surface area contributed by atoms with Crippen LogP contribution in [-0.4, -0.2) is 50.4 Å². The molecule has 1 aliphatic heterocycles. The van der Waals surface area contributed by atoms with Crippen molar-refractivity contribution in [1.29, 1.82) is 0 Å². The van der Waals surface area contributed by atoms with Crippen LogP contribution in [0.25, 0.3) is 11.2 Å². The number of carbonyl (C=O) groups is 1. The number of carbonyl (C=O) groups excluding carboxylic acids is 1. The Morgan fingerprint density at radius 3 is 2.65 bits per heavy atom. The summed E-state index contributed by atoms with van der Waals surface area (Å²) in [5.41, 5.74) is 6.52. The number of fused-ring (bicyclic) bond motifs is 1. The third kappa shape index (κ3) is 5.54. The van der Waals surface area contributed by atoms with Crippen molar-refractivity contribution in [3.63, 3.8) is 0 Å². The second-order valence-corrected chi connectivity index (χ2v) is 6.42. The normalized spacial score (nSPS) is 12.5. The first-order chi connectivity index (χ1) is 15.0. The Morgan fingerprint density at radius 1 is 1.29 bits per heavy atom. The van der Waals surface area contributed by atoms with E-state index in [4.69, 9.17) is 10.5 Å². The number of hydrogen-bond donors (Lipinski definition) is 2. The van der Waals surface area contributed by atoms with Gasteiger partial charge in [0.05, 0.1) is 0 Å². The quantitative estimate of drug-likeness (QED) is 0.492. The highest BCUT2D eigenvalue weighted by atomic mass is 19.1. The third-order valence-electron chi connectivity index (χ3n) is 4.32. The molecule has 0 atom stereocenters. The summed E-state index contributed by atoms with van der Waals surface area (Å²) in [5, 5.41) is 0. The van der Waals surface area contributed by atoms with E-state index in [1.165, 1.54) is 18.5 Å². The summed E-state index contributed by atoms with van der Waals surface area (Å²) < 4.78 is 31.6. The Balaban J connectivity index is 0.000000254. The van der Waals surface area contributed by atoms with Crippen molar-refractivity contribution >= 4 is 22.9 Å². The van der Waals surface area contributed by atoms with Crippen LogP contribution in [0.5, 0.6) is 5.75 Å². The molecule has 1 saturated heterocycles. The number of aromatic nitrogens is 4. The molecule has 1 amide bonds. The smallest absolute Gasteiger partial charge is 0.245 e. The number of para-hydroxylation sites is 1. The van der Waals surface area contributed by atoms with E-state index < -0.39 is 17.4 Å². The van der Waals surface area contributed by atoms with Crippen molar-refractivity contribution < 1.29 is 18.3 Å². The third-order valence-corrected chi connectivity index (χ3v) is 4.32. The Hall–Kier alpha value is -4.00. The van der Waals surface area contributed by atoms with E-state index in [9.17, 15) is 13.6 Å². The van der Waals surface area contributed by atoms with Gasteiger partial charge in [0, 0.05) is 13.1 Å². The first-order valence-corrected chi connectivity index (χ1v) is 9.42. The van der Waals surface area contributed by atoms with Gasteiger partial charge < -0.3 is 20.4 Å². The number of anilines is 1. The minimum Gasteiger partial charge on any atom is -0.475 e. The number of nitrogens with zero attached hydrogens (tertiary/aromatic N) is 4. The molecule has 0 bridgehead atoms. The molecule has 10 heteroatoms. The van der Waals surface area contributed by atoms with Crippen LogP contribution >= 0.6 is 0 Å². The molecule has 1 aliphatic rings. The number of hydrogen-bond acceptors (Lipinski definition) is 6. The zero-order valence-electron chi connectivity index (χ0n) is 16.6. The number of nitrogen functional groups attached to an aromatic ring is 1. The van der Waals surface area contributed by atoms with Gasteiger partial charge in [-0.25, -0.2) is 23.7 Å². The van der Waals surface area contributed by atoms with Crippen molar-refractivity contribution in [3.8, 4) is 17.6 Å². The maximum absolute atomic E-state index is 13.3. The van der Waals surface area contributed by atoms with Crippen LogP contribution in [0.1, 0.15) is 18.7 Å².